The number of benzene rings is 1. The van der Waals surface area contributed by atoms with Gasteiger partial charge in [0.1, 0.15) is 17.4 Å². The van der Waals surface area contributed by atoms with E-state index in [1.54, 1.807) is 33.9 Å². The van der Waals surface area contributed by atoms with Crippen LogP contribution >= 0.6 is 0 Å². The van der Waals surface area contributed by atoms with Crippen LogP contribution in [0.15, 0.2) is 35.4 Å². The molecule has 0 spiro atoms. The highest BCUT2D eigenvalue weighted by atomic mass is 16.6. The molecule has 1 heterocycles. The Morgan fingerprint density at radius 3 is 2.52 bits per heavy atom. The standard InChI is InChI=1S/C21H28N4O4/c1-13(2)18(24-20(27)29-21(3,4)5)19(26)25-22-12-15-8-7-14-11-16(28-6)9-10-17(14)23-15/h7-13,18H,1-6H3,(H,24,27)(H,25,26). The van der Waals surface area contributed by atoms with Gasteiger partial charge in [0, 0.05) is 5.39 Å². The number of nitrogens with zero attached hydrogens (tertiary/aromatic N) is 2. The molecule has 0 bridgehead atoms. The summed E-state index contributed by atoms with van der Waals surface area (Å²) in [5, 5.41) is 7.48. The maximum Gasteiger partial charge on any atom is 0.408 e. The van der Waals surface area contributed by atoms with E-state index in [4.69, 9.17) is 9.47 Å². The summed E-state index contributed by atoms with van der Waals surface area (Å²) < 4.78 is 10.4. The lowest BCUT2D eigenvalue weighted by Gasteiger charge is -2.24. The molecule has 0 saturated heterocycles. The van der Waals surface area contributed by atoms with Crippen molar-refractivity contribution >= 4 is 29.1 Å². The summed E-state index contributed by atoms with van der Waals surface area (Å²) in [7, 11) is 1.61. The Morgan fingerprint density at radius 1 is 1.17 bits per heavy atom. The van der Waals surface area contributed by atoms with Crippen LogP contribution in [0.5, 0.6) is 5.75 Å². The van der Waals surface area contributed by atoms with Crippen LogP contribution in [0.25, 0.3) is 10.9 Å². The third-order valence-corrected chi connectivity index (χ3v) is 3.91. The minimum Gasteiger partial charge on any atom is -0.497 e. The minimum absolute atomic E-state index is 0.147. The molecule has 2 rings (SSSR count). The molecule has 8 nitrogen and oxygen atoms in total. The van der Waals surface area contributed by atoms with E-state index in [-0.39, 0.29) is 5.92 Å². The van der Waals surface area contributed by atoms with E-state index in [9.17, 15) is 9.59 Å². The topological polar surface area (TPSA) is 102 Å². The molecule has 2 amide bonds. The van der Waals surface area contributed by atoms with Gasteiger partial charge in [-0.1, -0.05) is 19.9 Å². The lowest BCUT2D eigenvalue weighted by atomic mass is 10.0. The monoisotopic (exact) mass is 400 g/mol. The molecule has 8 heteroatoms. The number of rotatable bonds is 6. The van der Waals surface area contributed by atoms with E-state index in [2.05, 4.69) is 20.8 Å². The van der Waals surface area contributed by atoms with E-state index in [0.717, 1.165) is 16.7 Å². The second kappa shape index (κ2) is 9.36. The van der Waals surface area contributed by atoms with E-state index in [1.165, 1.54) is 6.21 Å². The third-order valence-electron chi connectivity index (χ3n) is 3.91. The van der Waals surface area contributed by atoms with E-state index in [0.29, 0.717) is 5.69 Å². The van der Waals surface area contributed by atoms with Crippen LogP contribution in [0, 0.1) is 5.92 Å². The molecule has 29 heavy (non-hydrogen) atoms. The van der Waals surface area contributed by atoms with Crippen molar-refractivity contribution in [3.8, 4) is 5.75 Å². The molecule has 1 aromatic heterocycles. The molecule has 1 unspecified atom stereocenters. The molecule has 1 aromatic carbocycles. The maximum atomic E-state index is 12.4. The van der Waals surface area contributed by atoms with Crippen molar-refractivity contribution in [2.45, 2.75) is 46.3 Å². The second-order valence-corrected chi connectivity index (χ2v) is 7.90. The number of alkyl carbamates (subject to hydrolysis) is 1. The molecule has 1 atom stereocenters. The van der Waals surface area contributed by atoms with Gasteiger partial charge in [0.2, 0.25) is 0 Å². The lowest BCUT2D eigenvalue weighted by Crippen LogP contribution is -2.49. The Hall–Kier alpha value is -3.16. The first-order valence-corrected chi connectivity index (χ1v) is 9.36. The van der Waals surface area contributed by atoms with Crippen LogP contribution in [-0.4, -0.2) is 42.0 Å². The van der Waals surface area contributed by atoms with Gasteiger partial charge >= 0.3 is 6.09 Å². The van der Waals surface area contributed by atoms with Gasteiger partial charge in [-0.25, -0.2) is 15.2 Å². The molecule has 0 aliphatic heterocycles. The number of carbonyl (C=O) groups excluding carboxylic acids is 2. The number of hydrazone groups is 1. The Balaban J connectivity index is 2.02. The van der Waals surface area contributed by atoms with Crippen LogP contribution in [0.2, 0.25) is 0 Å². The van der Waals surface area contributed by atoms with Gasteiger partial charge in [-0.05, 0) is 51.0 Å². The number of aromatic nitrogens is 1. The first-order chi connectivity index (χ1) is 13.6. The first-order valence-electron chi connectivity index (χ1n) is 9.36. The van der Waals surface area contributed by atoms with Crippen molar-refractivity contribution in [3.63, 3.8) is 0 Å². The molecule has 0 fully saturated rings. The van der Waals surface area contributed by atoms with Gasteiger partial charge in [-0.15, -0.1) is 0 Å². The molecule has 2 N–H and O–H groups in total. The Bertz CT molecular complexity index is 903. The van der Waals surface area contributed by atoms with Gasteiger partial charge in [0.25, 0.3) is 5.91 Å². The number of amides is 2. The molecule has 0 radical (unpaired) electrons. The normalized spacial score (nSPS) is 12.8. The molecule has 0 aliphatic carbocycles. The number of methoxy groups -OCH3 is 1. The minimum atomic E-state index is -0.779. The largest absolute Gasteiger partial charge is 0.497 e. The van der Waals surface area contributed by atoms with Gasteiger partial charge in [0.05, 0.1) is 24.5 Å². The SMILES string of the molecule is COc1ccc2nc(C=NNC(=O)C(NC(=O)OC(C)(C)C)C(C)C)ccc2c1. The highest BCUT2D eigenvalue weighted by molar-refractivity contribution is 5.88. The van der Waals surface area contributed by atoms with Crippen LogP contribution in [0.1, 0.15) is 40.3 Å². The zero-order valence-electron chi connectivity index (χ0n) is 17.6. The molecule has 0 aliphatic rings. The second-order valence-electron chi connectivity index (χ2n) is 7.90. The van der Waals surface area contributed by atoms with E-state index >= 15 is 0 Å². The van der Waals surface area contributed by atoms with Crippen molar-refractivity contribution in [1.82, 2.24) is 15.7 Å². The average molecular weight is 400 g/mol. The van der Waals surface area contributed by atoms with Gasteiger partial charge in [0.15, 0.2) is 0 Å². The number of nitrogens with one attached hydrogen (secondary N) is 2. The smallest absolute Gasteiger partial charge is 0.408 e. The summed E-state index contributed by atoms with van der Waals surface area (Å²) in [6.07, 6.45) is 0.800. The Morgan fingerprint density at radius 2 is 1.90 bits per heavy atom. The van der Waals surface area contributed by atoms with Crippen LogP contribution in [-0.2, 0) is 9.53 Å². The number of hydrogen-bond acceptors (Lipinski definition) is 6. The van der Waals surface area contributed by atoms with Crippen molar-refractivity contribution in [2.24, 2.45) is 11.0 Å². The van der Waals surface area contributed by atoms with Crippen molar-refractivity contribution < 1.29 is 19.1 Å². The van der Waals surface area contributed by atoms with E-state index in [1.807, 2.05) is 38.1 Å². The fourth-order valence-electron chi connectivity index (χ4n) is 2.52. The predicted octanol–water partition coefficient (Wildman–Crippen LogP) is 3.24. The highest BCUT2D eigenvalue weighted by Crippen LogP contribution is 2.19. The van der Waals surface area contributed by atoms with E-state index < -0.39 is 23.6 Å². The summed E-state index contributed by atoms with van der Waals surface area (Å²) in [5.74, 6) is 0.171. The zero-order valence-corrected chi connectivity index (χ0v) is 17.6. The molecule has 156 valence electrons. The third kappa shape index (κ3) is 6.74. The van der Waals surface area contributed by atoms with Crippen molar-refractivity contribution in [3.05, 3.63) is 36.0 Å². The summed E-state index contributed by atoms with van der Waals surface area (Å²) in [6, 6.07) is 8.47. The maximum absolute atomic E-state index is 12.4. The Labute approximate surface area is 170 Å². The van der Waals surface area contributed by atoms with Gasteiger partial charge < -0.3 is 14.8 Å². The summed E-state index contributed by atoms with van der Waals surface area (Å²) in [4.78, 5) is 28.9. The fraction of sp³-hybridized carbons (Fsp3) is 0.429. The Kier molecular flexibility index (Phi) is 7.14. The number of carbonyl (C=O) groups is 2. The highest BCUT2D eigenvalue weighted by Gasteiger charge is 2.26. The summed E-state index contributed by atoms with van der Waals surface area (Å²) in [5.41, 5.74) is 3.17. The van der Waals surface area contributed by atoms with Crippen molar-refractivity contribution in [2.75, 3.05) is 7.11 Å². The number of ether oxygens (including phenoxy) is 2. The predicted molar refractivity (Wildman–Crippen MR) is 112 cm³/mol. The zero-order chi connectivity index (χ0) is 21.6. The van der Waals surface area contributed by atoms with Crippen LogP contribution in [0.3, 0.4) is 0 Å². The van der Waals surface area contributed by atoms with Crippen LogP contribution < -0.4 is 15.5 Å². The van der Waals surface area contributed by atoms with Gasteiger partial charge in [-0.3, -0.25) is 4.79 Å². The van der Waals surface area contributed by atoms with Crippen LogP contribution in [0.4, 0.5) is 4.79 Å². The van der Waals surface area contributed by atoms with Crippen molar-refractivity contribution in [1.29, 1.82) is 0 Å². The number of hydrogen-bond donors (Lipinski definition) is 2. The fourth-order valence-corrected chi connectivity index (χ4v) is 2.52. The molecular weight excluding hydrogens is 372 g/mol. The molecule has 0 saturated carbocycles. The number of fused-ring (bicyclic) bond motifs is 1. The summed E-state index contributed by atoms with van der Waals surface area (Å²) >= 11 is 0. The average Bonchev–Trinajstić information content (AvgIpc) is 2.63. The first kappa shape index (κ1) is 22.1. The molecular formula is C21H28N4O4. The summed E-state index contributed by atoms with van der Waals surface area (Å²) in [6.45, 7) is 8.92. The van der Waals surface area contributed by atoms with Gasteiger partial charge in [-0.2, -0.15) is 5.10 Å². The molecule has 2 aromatic rings. The quantitative estimate of drug-likeness (QED) is 0.572. The number of pyridine rings is 1. The lowest BCUT2D eigenvalue weighted by molar-refractivity contribution is -0.124.